The highest BCUT2D eigenvalue weighted by Gasteiger charge is 2.20. The number of oxazole rings is 1. The highest BCUT2D eigenvalue weighted by Crippen LogP contribution is 2.21. The van der Waals surface area contributed by atoms with E-state index in [0.717, 1.165) is 0 Å². The molecule has 0 saturated carbocycles. The van der Waals surface area contributed by atoms with Crippen LogP contribution >= 0.6 is 0 Å². The molecule has 1 unspecified atom stereocenters. The van der Waals surface area contributed by atoms with E-state index in [1.54, 1.807) is 23.1 Å². The Morgan fingerprint density at radius 1 is 1.27 bits per heavy atom. The van der Waals surface area contributed by atoms with E-state index in [1.807, 2.05) is 13.8 Å². The van der Waals surface area contributed by atoms with Crippen LogP contribution in [-0.2, 0) is 16.0 Å². The summed E-state index contributed by atoms with van der Waals surface area (Å²) >= 11 is 0. The zero-order valence-corrected chi connectivity index (χ0v) is 14.9. The highest BCUT2D eigenvalue weighted by atomic mass is 16.4. The first-order chi connectivity index (χ1) is 12.3. The first kappa shape index (κ1) is 19.4. The molecule has 2 amide bonds. The molecule has 0 radical (unpaired) electrons. The Bertz CT molecular complexity index is 810. The van der Waals surface area contributed by atoms with Gasteiger partial charge in [0.2, 0.25) is 5.91 Å². The summed E-state index contributed by atoms with van der Waals surface area (Å²) < 4.78 is 5.62. The normalized spacial score (nSPS) is 12.1. The fourth-order valence-electron chi connectivity index (χ4n) is 2.76. The van der Waals surface area contributed by atoms with Gasteiger partial charge >= 0.3 is 5.97 Å². The summed E-state index contributed by atoms with van der Waals surface area (Å²) in [6, 6.07) is 5.05. The predicted molar refractivity (Wildman–Crippen MR) is 94.5 cm³/mol. The minimum Gasteiger partial charge on any atom is -0.481 e. The Morgan fingerprint density at radius 3 is 2.54 bits per heavy atom. The van der Waals surface area contributed by atoms with Gasteiger partial charge in [-0.15, -0.1) is 0 Å². The van der Waals surface area contributed by atoms with Crippen LogP contribution in [0.3, 0.4) is 0 Å². The van der Waals surface area contributed by atoms with Crippen molar-refractivity contribution in [2.45, 2.75) is 33.1 Å². The van der Waals surface area contributed by atoms with E-state index in [4.69, 9.17) is 15.3 Å². The van der Waals surface area contributed by atoms with Crippen molar-refractivity contribution in [2.24, 2.45) is 11.7 Å². The summed E-state index contributed by atoms with van der Waals surface area (Å²) in [6.07, 6.45) is 0.201. The number of fused-ring (bicyclic) bond motifs is 1. The largest absolute Gasteiger partial charge is 0.481 e. The van der Waals surface area contributed by atoms with Gasteiger partial charge in [0.05, 0.1) is 6.42 Å². The van der Waals surface area contributed by atoms with E-state index in [9.17, 15) is 14.4 Å². The average Bonchev–Trinajstić information content (AvgIpc) is 3.00. The number of amides is 2. The Labute approximate surface area is 151 Å². The van der Waals surface area contributed by atoms with Crippen LogP contribution in [0.5, 0.6) is 0 Å². The van der Waals surface area contributed by atoms with Gasteiger partial charge in [-0.05, 0) is 38.5 Å². The number of nitrogens with zero attached hydrogens (tertiary/aromatic N) is 2. The number of aliphatic carboxylic acids is 1. The van der Waals surface area contributed by atoms with Crippen molar-refractivity contribution in [1.82, 2.24) is 9.88 Å². The van der Waals surface area contributed by atoms with Gasteiger partial charge in [-0.25, -0.2) is 4.98 Å². The molecule has 26 heavy (non-hydrogen) atoms. The van der Waals surface area contributed by atoms with Gasteiger partial charge in [-0.3, -0.25) is 14.4 Å². The molecule has 0 saturated heterocycles. The maximum Gasteiger partial charge on any atom is 0.304 e. The Morgan fingerprint density at radius 2 is 1.96 bits per heavy atom. The van der Waals surface area contributed by atoms with Crippen molar-refractivity contribution in [2.75, 3.05) is 13.1 Å². The molecule has 8 nitrogen and oxygen atoms in total. The van der Waals surface area contributed by atoms with E-state index in [2.05, 4.69) is 4.98 Å². The number of carboxylic acid groups (broad SMARTS) is 1. The molecule has 0 aliphatic carbocycles. The number of carbonyl (C=O) groups is 3. The molecule has 1 aromatic carbocycles. The number of hydrogen-bond donors (Lipinski definition) is 2. The summed E-state index contributed by atoms with van der Waals surface area (Å²) in [4.78, 5) is 40.6. The van der Waals surface area contributed by atoms with Gasteiger partial charge in [0.25, 0.3) is 5.91 Å². The van der Waals surface area contributed by atoms with E-state index >= 15 is 0 Å². The number of benzene rings is 1. The Balaban J connectivity index is 2.15. The van der Waals surface area contributed by atoms with E-state index in [0.29, 0.717) is 35.6 Å². The average molecular weight is 361 g/mol. The van der Waals surface area contributed by atoms with Gasteiger partial charge < -0.3 is 20.2 Å². The molecule has 0 spiro atoms. The van der Waals surface area contributed by atoms with Crippen molar-refractivity contribution in [3.05, 3.63) is 29.7 Å². The van der Waals surface area contributed by atoms with E-state index in [1.165, 1.54) is 0 Å². The maximum absolute atomic E-state index is 12.4. The molecule has 2 rings (SSSR count). The third kappa shape index (κ3) is 4.59. The minimum atomic E-state index is -1.08. The zero-order chi connectivity index (χ0) is 19.3. The molecule has 8 heteroatoms. The van der Waals surface area contributed by atoms with Crippen molar-refractivity contribution < 1.29 is 23.9 Å². The summed E-state index contributed by atoms with van der Waals surface area (Å²) in [5.74, 6) is -2.20. The maximum atomic E-state index is 12.4. The standard InChI is InChI=1S/C18H23N3O5/c1-3-21(4-2)18(25)12-5-7-14-13(9-12)20-15(26-14)8-6-11(17(19)24)10-16(22)23/h5,7,9,11H,3-4,6,8,10H2,1-2H3,(H2,19,24)(H,22,23). The summed E-state index contributed by atoms with van der Waals surface area (Å²) in [5.41, 5.74) is 6.85. The second-order valence-corrected chi connectivity index (χ2v) is 6.00. The van der Waals surface area contributed by atoms with Gasteiger partial charge in [0, 0.05) is 31.0 Å². The van der Waals surface area contributed by atoms with Crippen molar-refractivity contribution in [3.8, 4) is 0 Å². The van der Waals surface area contributed by atoms with Crippen molar-refractivity contribution in [1.29, 1.82) is 0 Å². The third-order valence-electron chi connectivity index (χ3n) is 4.26. The number of carboxylic acids is 1. The topological polar surface area (TPSA) is 127 Å². The zero-order valence-electron chi connectivity index (χ0n) is 14.9. The summed E-state index contributed by atoms with van der Waals surface area (Å²) in [5, 5.41) is 8.83. The van der Waals surface area contributed by atoms with Crippen LogP contribution in [-0.4, -0.2) is 45.9 Å². The second-order valence-electron chi connectivity index (χ2n) is 6.00. The van der Waals surface area contributed by atoms with Crippen molar-refractivity contribution in [3.63, 3.8) is 0 Å². The molecule has 1 atom stereocenters. The second kappa shape index (κ2) is 8.46. The Hall–Kier alpha value is -2.90. The number of carbonyl (C=O) groups excluding carboxylic acids is 2. The molecule has 0 aliphatic heterocycles. The molecular formula is C18H23N3O5. The van der Waals surface area contributed by atoms with Crippen LogP contribution in [0.2, 0.25) is 0 Å². The molecule has 0 aliphatic rings. The number of primary amides is 1. The predicted octanol–water partition coefficient (Wildman–Crippen LogP) is 1.82. The van der Waals surface area contributed by atoms with Gasteiger partial charge in [-0.2, -0.15) is 0 Å². The molecular weight excluding hydrogens is 338 g/mol. The van der Waals surface area contributed by atoms with Crippen LogP contribution < -0.4 is 5.73 Å². The lowest BCUT2D eigenvalue weighted by Gasteiger charge is -2.18. The molecule has 3 N–H and O–H groups in total. The lowest BCUT2D eigenvalue weighted by molar-refractivity contribution is -0.140. The number of nitrogens with two attached hydrogens (primary N) is 1. The SMILES string of the molecule is CCN(CC)C(=O)c1ccc2oc(CCC(CC(=O)O)C(N)=O)nc2c1. The van der Waals surface area contributed by atoms with Crippen LogP contribution in [0.4, 0.5) is 0 Å². The first-order valence-electron chi connectivity index (χ1n) is 8.55. The molecule has 1 aromatic heterocycles. The monoisotopic (exact) mass is 361 g/mol. The van der Waals surface area contributed by atoms with E-state index in [-0.39, 0.29) is 25.2 Å². The fraction of sp³-hybridized carbons (Fsp3) is 0.444. The van der Waals surface area contributed by atoms with E-state index < -0.39 is 17.8 Å². The van der Waals surface area contributed by atoms with Crippen molar-refractivity contribution >= 4 is 28.9 Å². The first-order valence-corrected chi connectivity index (χ1v) is 8.55. The van der Waals surface area contributed by atoms with Crippen LogP contribution in [0.15, 0.2) is 22.6 Å². The highest BCUT2D eigenvalue weighted by molar-refractivity contribution is 5.97. The van der Waals surface area contributed by atoms with Crippen LogP contribution in [0.25, 0.3) is 11.1 Å². The molecule has 0 bridgehead atoms. The third-order valence-corrected chi connectivity index (χ3v) is 4.26. The molecule has 140 valence electrons. The lowest BCUT2D eigenvalue weighted by Crippen LogP contribution is -2.30. The molecule has 0 fully saturated rings. The summed E-state index contributed by atoms with van der Waals surface area (Å²) in [6.45, 7) is 5.08. The Kier molecular flexibility index (Phi) is 6.32. The number of hydrogen-bond acceptors (Lipinski definition) is 5. The van der Waals surface area contributed by atoms with Gasteiger partial charge in [-0.1, -0.05) is 0 Å². The van der Waals surface area contributed by atoms with Gasteiger partial charge in [0.1, 0.15) is 5.52 Å². The fourth-order valence-corrected chi connectivity index (χ4v) is 2.76. The molecule has 2 aromatic rings. The number of aryl methyl sites for hydroxylation is 1. The van der Waals surface area contributed by atoms with Crippen LogP contribution in [0.1, 0.15) is 42.9 Å². The number of aromatic nitrogens is 1. The lowest BCUT2D eigenvalue weighted by atomic mass is 9.99. The smallest absolute Gasteiger partial charge is 0.304 e. The number of rotatable bonds is 9. The quantitative estimate of drug-likeness (QED) is 0.701. The van der Waals surface area contributed by atoms with Gasteiger partial charge in [0.15, 0.2) is 11.5 Å². The summed E-state index contributed by atoms with van der Waals surface area (Å²) in [7, 11) is 0. The molecule has 1 heterocycles. The van der Waals surface area contributed by atoms with Crippen LogP contribution in [0, 0.1) is 5.92 Å². The minimum absolute atomic E-state index is 0.0725.